The van der Waals surface area contributed by atoms with Crippen molar-refractivity contribution < 1.29 is 19.4 Å². The number of amides is 1. The Morgan fingerprint density at radius 1 is 1.35 bits per heavy atom. The topological polar surface area (TPSA) is 66.8 Å². The van der Waals surface area contributed by atoms with Crippen LogP contribution in [0.4, 0.5) is 0 Å². The van der Waals surface area contributed by atoms with Gasteiger partial charge in [-0.1, -0.05) is 0 Å². The number of likely N-dealkylation sites (N-methyl/N-ethyl adjacent to an activating group) is 1. The molecule has 2 rings (SSSR count). The predicted molar refractivity (Wildman–Crippen MR) is 73.9 cm³/mol. The molecule has 1 amide bonds. The molecule has 0 saturated heterocycles. The molecule has 1 N–H and O–H groups in total. The average molecular weight is 277 g/mol. The number of hydrogen-bond acceptors (Lipinski definition) is 3. The van der Waals surface area contributed by atoms with E-state index in [9.17, 15) is 9.59 Å². The van der Waals surface area contributed by atoms with Gasteiger partial charge in [-0.05, 0) is 49.9 Å². The van der Waals surface area contributed by atoms with Crippen LogP contribution < -0.4 is 4.74 Å². The maximum absolute atomic E-state index is 12.1. The molecule has 1 aromatic carbocycles. The lowest BCUT2D eigenvalue weighted by Crippen LogP contribution is -2.40. The first kappa shape index (κ1) is 14.4. The van der Waals surface area contributed by atoms with Gasteiger partial charge in [0.25, 0.3) is 5.91 Å². The van der Waals surface area contributed by atoms with Crippen LogP contribution in [0.3, 0.4) is 0 Å². The molecule has 1 aliphatic carbocycles. The van der Waals surface area contributed by atoms with Crippen LogP contribution in [0.5, 0.6) is 5.75 Å². The van der Waals surface area contributed by atoms with Crippen molar-refractivity contribution in [3.8, 4) is 5.75 Å². The molecule has 0 heterocycles. The Kier molecular flexibility index (Phi) is 4.27. The number of carbonyl (C=O) groups is 2. The highest BCUT2D eigenvalue weighted by atomic mass is 16.5. The molecule has 0 aromatic heterocycles. The number of hydrogen-bond donors (Lipinski definition) is 1. The molecule has 0 aliphatic heterocycles. The van der Waals surface area contributed by atoms with Crippen LogP contribution in [0.1, 0.15) is 30.1 Å². The van der Waals surface area contributed by atoms with E-state index in [-0.39, 0.29) is 5.91 Å². The van der Waals surface area contributed by atoms with E-state index in [2.05, 4.69) is 0 Å². The van der Waals surface area contributed by atoms with Crippen LogP contribution in [0.15, 0.2) is 24.3 Å². The molecule has 108 valence electrons. The summed E-state index contributed by atoms with van der Waals surface area (Å²) in [5, 5.41) is 8.91. The van der Waals surface area contributed by atoms with Crippen molar-refractivity contribution in [1.29, 1.82) is 0 Å². The summed E-state index contributed by atoms with van der Waals surface area (Å²) < 4.78 is 5.59. The summed E-state index contributed by atoms with van der Waals surface area (Å²) in [6.45, 7) is 2.20. The second-order valence-electron chi connectivity index (χ2n) is 5.21. The lowest BCUT2D eigenvalue weighted by Gasteiger charge is -2.21. The van der Waals surface area contributed by atoms with Gasteiger partial charge in [-0.15, -0.1) is 0 Å². The Morgan fingerprint density at radius 2 is 1.95 bits per heavy atom. The van der Waals surface area contributed by atoms with E-state index in [1.54, 1.807) is 24.3 Å². The highest BCUT2D eigenvalue weighted by Crippen LogP contribution is 2.29. The van der Waals surface area contributed by atoms with Gasteiger partial charge in [0.05, 0.1) is 6.61 Å². The van der Waals surface area contributed by atoms with Gasteiger partial charge in [-0.25, -0.2) is 4.79 Å². The molecule has 0 radical (unpaired) electrons. The molecular formula is C15H19NO4. The molecule has 1 aromatic rings. The average Bonchev–Trinajstić information content (AvgIpc) is 3.27. The molecule has 1 saturated carbocycles. The van der Waals surface area contributed by atoms with E-state index in [1.807, 2.05) is 0 Å². The van der Waals surface area contributed by atoms with Crippen LogP contribution >= 0.6 is 0 Å². The van der Waals surface area contributed by atoms with Gasteiger partial charge in [0.15, 0.2) is 0 Å². The highest BCUT2D eigenvalue weighted by Gasteiger charge is 2.23. The first-order valence-electron chi connectivity index (χ1n) is 6.72. The van der Waals surface area contributed by atoms with E-state index in [0.29, 0.717) is 11.5 Å². The summed E-state index contributed by atoms with van der Waals surface area (Å²) in [7, 11) is 1.48. The minimum atomic E-state index is -1.02. The lowest BCUT2D eigenvalue weighted by atomic mass is 10.1. The van der Waals surface area contributed by atoms with E-state index < -0.39 is 12.0 Å². The molecule has 5 nitrogen and oxygen atoms in total. The second kappa shape index (κ2) is 5.94. The quantitative estimate of drug-likeness (QED) is 0.864. The molecule has 5 heteroatoms. The lowest BCUT2D eigenvalue weighted by molar-refractivity contribution is -0.141. The van der Waals surface area contributed by atoms with Crippen molar-refractivity contribution in [2.45, 2.75) is 25.8 Å². The molecule has 20 heavy (non-hydrogen) atoms. The largest absolute Gasteiger partial charge is 0.493 e. The minimum Gasteiger partial charge on any atom is -0.493 e. The monoisotopic (exact) mass is 277 g/mol. The Bertz CT molecular complexity index is 493. The van der Waals surface area contributed by atoms with Gasteiger partial charge < -0.3 is 14.7 Å². The normalized spacial score (nSPS) is 15.5. The fraction of sp³-hybridized carbons (Fsp3) is 0.467. The third-order valence-electron chi connectivity index (χ3n) is 3.54. The van der Waals surface area contributed by atoms with Crippen LogP contribution in [-0.2, 0) is 4.79 Å². The van der Waals surface area contributed by atoms with E-state index >= 15 is 0 Å². The Labute approximate surface area is 118 Å². The third-order valence-corrected chi connectivity index (χ3v) is 3.54. The fourth-order valence-corrected chi connectivity index (χ4v) is 1.74. The molecule has 1 fully saturated rings. The summed E-state index contributed by atoms with van der Waals surface area (Å²) in [5.41, 5.74) is 0.458. The molecule has 0 bridgehead atoms. The van der Waals surface area contributed by atoms with Gasteiger partial charge in [0.1, 0.15) is 11.8 Å². The minimum absolute atomic E-state index is 0.311. The molecule has 1 aliphatic rings. The van der Waals surface area contributed by atoms with Crippen LogP contribution in [0.25, 0.3) is 0 Å². The zero-order valence-electron chi connectivity index (χ0n) is 11.7. The number of nitrogens with zero attached hydrogens (tertiary/aromatic N) is 1. The zero-order valence-corrected chi connectivity index (χ0v) is 11.7. The molecule has 0 spiro atoms. The standard InChI is InChI=1S/C15H19NO4/c1-10(15(18)19)16(2)14(17)12-5-7-13(8-6-12)20-9-11-3-4-11/h5-8,10-11H,3-4,9H2,1-2H3,(H,18,19)/t10-/m1/s1. The molecule has 0 unspecified atom stereocenters. The smallest absolute Gasteiger partial charge is 0.326 e. The van der Waals surface area contributed by atoms with E-state index in [1.165, 1.54) is 31.7 Å². The van der Waals surface area contributed by atoms with Crippen molar-refractivity contribution in [2.24, 2.45) is 5.92 Å². The first-order chi connectivity index (χ1) is 9.49. The summed E-state index contributed by atoms with van der Waals surface area (Å²) in [5.74, 6) is 0.0834. The fourth-order valence-electron chi connectivity index (χ4n) is 1.74. The van der Waals surface area contributed by atoms with Gasteiger partial charge >= 0.3 is 5.97 Å². The summed E-state index contributed by atoms with van der Waals surface area (Å²) >= 11 is 0. The Morgan fingerprint density at radius 3 is 2.45 bits per heavy atom. The van der Waals surface area contributed by atoms with Crippen molar-refractivity contribution in [3.63, 3.8) is 0 Å². The number of ether oxygens (including phenoxy) is 1. The van der Waals surface area contributed by atoms with Crippen molar-refractivity contribution in [2.75, 3.05) is 13.7 Å². The maximum atomic E-state index is 12.1. The van der Waals surface area contributed by atoms with Gasteiger partial charge in [-0.2, -0.15) is 0 Å². The van der Waals surface area contributed by atoms with Crippen molar-refractivity contribution in [1.82, 2.24) is 4.90 Å². The molecule has 1 atom stereocenters. The third kappa shape index (κ3) is 3.50. The molecular weight excluding hydrogens is 258 g/mol. The van der Waals surface area contributed by atoms with Gasteiger partial charge in [-0.3, -0.25) is 4.79 Å². The number of carbonyl (C=O) groups excluding carboxylic acids is 1. The number of aliphatic carboxylic acids is 1. The summed E-state index contributed by atoms with van der Waals surface area (Å²) in [6.07, 6.45) is 2.46. The second-order valence-corrected chi connectivity index (χ2v) is 5.21. The van der Waals surface area contributed by atoms with Gasteiger partial charge in [0.2, 0.25) is 0 Å². The van der Waals surface area contributed by atoms with Crippen LogP contribution in [0, 0.1) is 5.92 Å². The number of rotatable bonds is 6. The van der Waals surface area contributed by atoms with Crippen molar-refractivity contribution in [3.05, 3.63) is 29.8 Å². The van der Waals surface area contributed by atoms with Gasteiger partial charge in [0, 0.05) is 12.6 Å². The van der Waals surface area contributed by atoms with Crippen LogP contribution in [0.2, 0.25) is 0 Å². The van der Waals surface area contributed by atoms with E-state index in [4.69, 9.17) is 9.84 Å². The van der Waals surface area contributed by atoms with Crippen LogP contribution in [-0.4, -0.2) is 41.6 Å². The Balaban J connectivity index is 1.97. The number of carboxylic acid groups (broad SMARTS) is 1. The number of carboxylic acids is 1. The van der Waals surface area contributed by atoms with E-state index in [0.717, 1.165) is 12.4 Å². The highest BCUT2D eigenvalue weighted by molar-refractivity contribution is 5.96. The van der Waals surface area contributed by atoms with Crippen molar-refractivity contribution >= 4 is 11.9 Å². The zero-order chi connectivity index (χ0) is 14.7. The predicted octanol–water partition coefficient (Wildman–Crippen LogP) is 2.02. The first-order valence-corrected chi connectivity index (χ1v) is 6.72. The number of benzene rings is 1. The SMILES string of the molecule is C[C@H](C(=O)O)N(C)C(=O)c1ccc(OCC2CC2)cc1. The maximum Gasteiger partial charge on any atom is 0.326 e. The summed E-state index contributed by atoms with van der Waals surface area (Å²) in [6, 6.07) is 5.96. The summed E-state index contributed by atoms with van der Waals surface area (Å²) in [4.78, 5) is 24.2. The Hall–Kier alpha value is -2.04.